The Morgan fingerprint density at radius 2 is 1.77 bits per heavy atom. The van der Waals surface area contributed by atoms with Crippen molar-refractivity contribution in [2.75, 3.05) is 34.8 Å². The van der Waals surface area contributed by atoms with E-state index in [2.05, 4.69) is 46.7 Å². The fourth-order valence-electron chi connectivity index (χ4n) is 4.34. The van der Waals surface area contributed by atoms with Crippen LogP contribution in [0.4, 0.5) is 17.1 Å². The zero-order chi connectivity index (χ0) is 21.1. The summed E-state index contributed by atoms with van der Waals surface area (Å²) in [6, 6.07) is 14.9. The van der Waals surface area contributed by atoms with Gasteiger partial charge in [-0.3, -0.25) is 4.79 Å². The van der Waals surface area contributed by atoms with Crippen molar-refractivity contribution in [3.63, 3.8) is 0 Å². The molecule has 0 aromatic heterocycles. The molecule has 2 saturated heterocycles. The SMILES string of the molecule is Cc1cc(NC(=S)N[C@@H](C)c2ccc(N3CCCC3)cc2)ccc1N1CCCC1=O. The molecule has 2 aromatic rings. The number of anilines is 3. The number of thiocarbonyl (C=S) groups is 1. The molecule has 1 amide bonds. The fourth-order valence-corrected chi connectivity index (χ4v) is 4.63. The van der Waals surface area contributed by atoms with Crippen LogP contribution in [-0.4, -0.2) is 30.7 Å². The number of nitrogens with zero attached hydrogens (tertiary/aromatic N) is 2. The van der Waals surface area contributed by atoms with E-state index in [0.717, 1.165) is 43.0 Å². The molecule has 2 fully saturated rings. The van der Waals surface area contributed by atoms with Gasteiger partial charge in [0.05, 0.1) is 6.04 Å². The van der Waals surface area contributed by atoms with E-state index in [9.17, 15) is 4.79 Å². The van der Waals surface area contributed by atoms with E-state index < -0.39 is 0 Å². The molecule has 0 spiro atoms. The Hall–Kier alpha value is -2.60. The van der Waals surface area contributed by atoms with Crippen LogP contribution in [0, 0.1) is 6.92 Å². The lowest BCUT2D eigenvalue weighted by molar-refractivity contribution is -0.117. The van der Waals surface area contributed by atoms with Gasteiger partial charge in [0.2, 0.25) is 5.91 Å². The first kappa shape index (κ1) is 20.7. The molecule has 0 saturated carbocycles. The van der Waals surface area contributed by atoms with E-state index in [-0.39, 0.29) is 11.9 Å². The van der Waals surface area contributed by atoms with Crippen LogP contribution >= 0.6 is 12.2 Å². The molecule has 2 N–H and O–H groups in total. The predicted octanol–water partition coefficient (Wildman–Crippen LogP) is 4.77. The fraction of sp³-hybridized carbons (Fsp3) is 0.417. The summed E-state index contributed by atoms with van der Waals surface area (Å²) in [6.07, 6.45) is 4.15. The molecule has 2 aliphatic rings. The van der Waals surface area contributed by atoms with Crippen LogP contribution in [0.3, 0.4) is 0 Å². The minimum Gasteiger partial charge on any atom is -0.372 e. The molecule has 2 heterocycles. The maximum Gasteiger partial charge on any atom is 0.227 e. The molecular formula is C24H30N4OS. The normalized spacial score (nSPS) is 17.3. The van der Waals surface area contributed by atoms with Crippen molar-refractivity contribution in [1.29, 1.82) is 0 Å². The van der Waals surface area contributed by atoms with E-state index >= 15 is 0 Å². The summed E-state index contributed by atoms with van der Waals surface area (Å²) in [7, 11) is 0. The number of nitrogens with one attached hydrogen (secondary N) is 2. The van der Waals surface area contributed by atoms with Crippen molar-refractivity contribution in [1.82, 2.24) is 5.32 Å². The molecule has 6 heteroatoms. The van der Waals surface area contributed by atoms with Gasteiger partial charge in [0.1, 0.15) is 0 Å². The zero-order valence-electron chi connectivity index (χ0n) is 17.8. The van der Waals surface area contributed by atoms with Gasteiger partial charge in [-0.1, -0.05) is 12.1 Å². The second-order valence-electron chi connectivity index (χ2n) is 8.26. The lowest BCUT2D eigenvalue weighted by Gasteiger charge is -2.21. The van der Waals surface area contributed by atoms with Gasteiger partial charge in [-0.15, -0.1) is 0 Å². The zero-order valence-corrected chi connectivity index (χ0v) is 18.6. The first-order valence-electron chi connectivity index (χ1n) is 10.8. The van der Waals surface area contributed by atoms with Crippen LogP contribution in [0.2, 0.25) is 0 Å². The second-order valence-corrected chi connectivity index (χ2v) is 8.66. The Kier molecular flexibility index (Phi) is 6.23. The smallest absolute Gasteiger partial charge is 0.227 e. The summed E-state index contributed by atoms with van der Waals surface area (Å²) in [5.74, 6) is 0.209. The first-order valence-corrected chi connectivity index (χ1v) is 11.3. The maximum atomic E-state index is 12.0. The number of carbonyl (C=O) groups is 1. The van der Waals surface area contributed by atoms with E-state index in [4.69, 9.17) is 12.2 Å². The second kappa shape index (κ2) is 9.04. The van der Waals surface area contributed by atoms with Gasteiger partial charge in [-0.05, 0) is 86.8 Å². The number of hydrogen-bond donors (Lipinski definition) is 2. The van der Waals surface area contributed by atoms with Crippen molar-refractivity contribution in [3.8, 4) is 0 Å². The minimum absolute atomic E-state index is 0.111. The highest BCUT2D eigenvalue weighted by molar-refractivity contribution is 7.80. The topological polar surface area (TPSA) is 47.6 Å². The lowest BCUT2D eigenvalue weighted by Crippen LogP contribution is -2.31. The van der Waals surface area contributed by atoms with Crippen LogP contribution in [0.25, 0.3) is 0 Å². The summed E-state index contributed by atoms with van der Waals surface area (Å²) in [4.78, 5) is 16.3. The molecule has 4 rings (SSSR count). The van der Waals surface area contributed by atoms with E-state index in [1.807, 2.05) is 30.0 Å². The monoisotopic (exact) mass is 422 g/mol. The molecule has 0 unspecified atom stereocenters. The number of aryl methyl sites for hydroxylation is 1. The van der Waals surface area contributed by atoms with Crippen LogP contribution in [0.15, 0.2) is 42.5 Å². The number of carbonyl (C=O) groups excluding carboxylic acids is 1. The van der Waals surface area contributed by atoms with Crippen LogP contribution in [-0.2, 0) is 4.79 Å². The number of amides is 1. The summed E-state index contributed by atoms with van der Waals surface area (Å²) in [5.41, 5.74) is 5.51. The third kappa shape index (κ3) is 4.59. The summed E-state index contributed by atoms with van der Waals surface area (Å²) < 4.78 is 0. The Bertz CT molecular complexity index is 921. The van der Waals surface area contributed by atoms with Crippen molar-refractivity contribution in [3.05, 3.63) is 53.6 Å². The number of hydrogen-bond acceptors (Lipinski definition) is 3. The average Bonchev–Trinajstić information content (AvgIpc) is 3.40. The highest BCUT2D eigenvalue weighted by Gasteiger charge is 2.23. The molecule has 0 bridgehead atoms. The lowest BCUT2D eigenvalue weighted by atomic mass is 10.1. The van der Waals surface area contributed by atoms with Gasteiger partial charge in [-0.25, -0.2) is 0 Å². The van der Waals surface area contributed by atoms with Crippen LogP contribution in [0.1, 0.15) is 49.8 Å². The predicted molar refractivity (Wildman–Crippen MR) is 128 cm³/mol. The van der Waals surface area contributed by atoms with Gasteiger partial charge in [0, 0.05) is 43.1 Å². The van der Waals surface area contributed by atoms with Crippen molar-refractivity contribution < 1.29 is 4.79 Å². The van der Waals surface area contributed by atoms with Crippen molar-refractivity contribution >= 4 is 40.3 Å². The number of benzene rings is 2. The average molecular weight is 423 g/mol. The maximum absolute atomic E-state index is 12.0. The molecule has 30 heavy (non-hydrogen) atoms. The van der Waals surface area contributed by atoms with Gasteiger partial charge in [0.25, 0.3) is 0 Å². The minimum atomic E-state index is 0.111. The van der Waals surface area contributed by atoms with Gasteiger partial charge < -0.3 is 20.4 Å². The third-order valence-corrected chi connectivity index (χ3v) is 6.25. The molecule has 5 nitrogen and oxygen atoms in total. The van der Waals surface area contributed by atoms with Crippen LogP contribution < -0.4 is 20.4 Å². The molecule has 2 aliphatic heterocycles. The Balaban J connectivity index is 1.34. The van der Waals surface area contributed by atoms with Crippen molar-refractivity contribution in [2.45, 2.75) is 45.6 Å². The molecule has 0 aliphatic carbocycles. The summed E-state index contributed by atoms with van der Waals surface area (Å²) in [5, 5.41) is 7.24. The quantitative estimate of drug-likeness (QED) is 0.680. The molecule has 158 valence electrons. The van der Waals surface area contributed by atoms with Crippen molar-refractivity contribution in [2.24, 2.45) is 0 Å². The molecule has 1 atom stereocenters. The largest absolute Gasteiger partial charge is 0.372 e. The Labute approximate surface area is 184 Å². The highest BCUT2D eigenvalue weighted by Crippen LogP contribution is 2.28. The standard InChI is InChI=1S/C24H30N4OS/c1-17-16-20(9-12-22(17)28-15-5-6-23(28)29)26-24(30)25-18(2)19-7-10-21(11-8-19)27-13-3-4-14-27/h7-12,16,18H,3-6,13-15H2,1-2H3,(H2,25,26,30)/t18-/m0/s1. The Morgan fingerprint density at radius 3 is 2.40 bits per heavy atom. The first-order chi connectivity index (χ1) is 14.5. The van der Waals surface area contributed by atoms with Crippen LogP contribution in [0.5, 0.6) is 0 Å². The van der Waals surface area contributed by atoms with Gasteiger partial charge in [0.15, 0.2) is 5.11 Å². The summed E-state index contributed by atoms with van der Waals surface area (Å²) >= 11 is 5.53. The molecule has 0 radical (unpaired) electrons. The molecular weight excluding hydrogens is 392 g/mol. The van der Waals surface area contributed by atoms with E-state index in [1.54, 1.807) is 0 Å². The van der Waals surface area contributed by atoms with Gasteiger partial charge in [-0.2, -0.15) is 0 Å². The third-order valence-electron chi connectivity index (χ3n) is 6.03. The Morgan fingerprint density at radius 1 is 1.03 bits per heavy atom. The highest BCUT2D eigenvalue weighted by atomic mass is 32.1. The van der Waals surface area contributed by atoms with Gasteiger partial charge >= 0.3 is 0 Å². The molecule has 2 aromatic carbocycles. The van der Waals surface area contributed by atoms with E-state index in [1.165, 1.54) is 24.1 Å². The van der Waals surface area contributed by atoms with E-state index in [0.29, 0.717) is 11.5 Å². The summed E-state index contributed by atoms with van der Waals surface area (Å²) in [6.45, 7) is 7.27. The number of rotatable bonds is 5.